The molecule has 18 heavy (non-hydrogen) atoms. The average Bonchev–Trinajstić information content (AvgIpc) is 2.32. The molecule has 1 aromatic carbocycles. The number of ether oxygens (including phenoxy) is 1. The first-order valence-electron chi connectivity index (χ1n) is 5.31. The van der Waals surface area contributed by atoms with Crippen molar-refractivity contribution in [2.45, 2.75) is 12.2 Å². The van der Waals surface area contributed by atoms with E-state index in [0.717, 1.165) is 6.07 Å². The Morgan fingerprint density at radius 2 is 2.11 bits per heavy atom. The summed E-state index contributed by atoms with van der Waals surface area (Å²) in [6, 6.07) is 1.48. The van der Waals surface area contributed by atoms with E-state index in [9.17, 15) is 18.3 Å². The van der Waals surface area contributed by atoms with Crippen molar-refractivity contribution in [1.82, 2.24) is 5.32 Å². The van der Waals surface area contributed by atoms with E-state index in [2.05, 4.69) is 21.2 Å². The smallest absolute Gasteiger partial charge is 0.416 e. The largest absolute Gasteiger partial charge is 0.506 e. The second-order valence-electron chi connectivity index (χ2n) is 3.94. The first-order chi connectivity index (χ1) is 8.41. The van der Waals surface area contributed by atoms with Gasteiger partial charge in [-0.05, 0) is 28.1 Å². The number of phenols is 1. The van der Waals surface area contributed by atoms with Crippen LogP contribution in [-0.2, 0) is 10.9 Å². The van der Waals surface area contributed by atoms with E-state index in [0.29, 0.717) is 13.2 Å². The Bertz CT molecular complexity index is 445. The average molecular weight is 326 g/mol. The molecule has 1 aliphatic rings. The molecule has 1 aromatic rings. The van der Waals surface area contributed by atoms with E-state index in [1.54, 1.807) is 0 Å². The van der Waals surface area contributed by atoms with Crippen molar-refractivity contribution in [2.24, 2.45) is 0 Å². The minimum absolute atomic E-state index is 0.104. The van der Waals surface area contributed by atoms with Crippen LogP contribution in [-0.4, -0.2) is 24.9 Å². The van der Waals surface area contributed by atoms with Crippen molar-refractivity contribution in [1.29, 1.82) is 0 Å². The molecule has 1 aliphatic heterocycles. The van der Waals surface area contributed by atoms with Crippen LogP contribution in [0.4, 0.5) is 13.2 Å². The van der Waals surface area contributed by atoms with Gasteiger partial charge in [0.2, 0.25) is 0 Å². The zero-order chi connectivity index (χ0) is 13.3. The molecule has 0 spiro atoms. The van der Waals surface area contributed by atoms with Gasteiger partial charge in [0.1, 0.15) is 5.75 Å². The number of halogens is 4. The minimum atomic E-state index is -4.51. The molecule has 2 N–H and O–H groups in total. The SMILES string of the molecule is Oc1c(Br)ccc(C(F)(F)F)c1[C@H]1COCCN1. The standard InChI is InChI=1S/C11H11BrF3NO2/c12-7-2-1-6(11(13,14)15)9(10(7)17)8-5-18-4-3-16-8/h1-2,8,16-17H,3-5H2/t8-/m1/s1. The molecule has 1 atom stereocenters. The van der Waals surface area contributed by atoms with Crippen LogP contribution in [0.15, 0.2) is 16.6 Å². The molecule has 0 amide bonds. The topological polar surface area (TPSA) is 41.5 Å². The quantitative estimate of drug-likeness (QED) is 0.834. The number of benzene rings is 1. The van der Waals surface area contributed by atoms with E-state index in [1.807, 2.05) is 0 Å². The third-order valence-corrected chi connectivity index (χ3v) is 3.38. The Morgan fingerprint density at radius 1 is 1.39 bits per heavy atom. The van der Waals surface area contributed by atoms with Crippen LogP contribution in [0.3, 0.4) is 0 Å². The fraction of sp³-hybridized carbons (Fsp3) is 0.455. The first-order valence-corrected chi connectivity index (χ1v) is 6.10. The highest BCUT2D eigenvalue weighted by molar-refractivity contribution is 9.10. The van der Waals surface area contributed by atoms with E-state index in [4.69, 9.17) is 4.74 Å². The Hall–Kier alpha value is -0.790. The number of aromatic hydroxyl groups is 1. The molecule has 1 heterocycles. The first kappa shape index (κ1) is 13.6. The van der Waals surface area contributed by atoms with Gasteiger partial charge >= 0.3 is 6.18 Å². The van der Waals surface area contributed by atoms with Crippen LogP contribution >= 0.6 is 15.9 Å². The third kappa shape index (κ3) is 2.62. The molecule has 3 nitrogen and oxygen atoms in total. The summed E-state index contributed by atoms with van der Waals surface area (Å²) in [6.07, 6.45) is -4.51. The fourth-order valence-corrected chi connectivity index (χ4v) is 2.28. The van der Waals surface area contributed by atoms with Crippen molar-refractivity contribution in [3.63, 3.8) is 0 Å². The zero-order valence-corrected chi connectivity index (χ0v) is 10.8. The normalized spacial score (nSPS) is 21.0. The summed E-state index contributed by atoms with van der Waals surface area (Å²) in [5.74, 6) is -0.396. The molecule has 0 aliphatic carbocycles. The van der Waals surface area contributed by atoms with Crippen LogP contribution in [0.25, 0.3) is 0 Å². The van der Waals surface area contributed by atoms with E-state index < -0.39 is 23.5 Å². The highest BCUT2D eigenvalue weighted by atomic mass is 79.9. The summed E-state index contributed by atoms with van der Waals surface area (Å²) < 4.78 is 44.1. The van der Waals surface area contributed by atoms with Crippen molar-refractivity contribution in [2.75, 3.05) is 19.8 Å². The molecule has 0 saturated carbocycles. The Kier molecular flexibility index (Phi) is 3.84. The molecule has 7 heteroatoms. The van der Waals surface area contributed by atoms with Crippen molar-refractivity contribution < 1.29 is 23.0 Å². The molecule has 0 bridgehead atoms. The lowest BCUT2D eigenvalue weighted by Crippen LogP contribution is -2.35. The predicted octanol–water partition coefficient (Wildman–Crippen LogP) is 2.83. The van der Waals surface area contributed by atoms with Gasteiger partial charge < -0.3 is 15.2 Å². The van der Waals surface area contributed by atoms with Crippen LogP contribution in [0, 0.1) is 0 Å². The lowest BCUT2D eigenvalue weighted by atomic mass is 9.98. The second-order valence-corrected chi connectivity index (χ2v) is 4.79. The summed E-state index contributed by atoms with van der Waals surface area (Å²) in [5.41, 5.74) is -1.01. The summed E-state index contributed by atoms with van der Waals surface area (Å²) in [6.45, 7) is 1.01. The lowest BCUT2D eigenvalue weighted by Gasteiger charge is -2.27. The molecule has 0 radical (unpaired) electrons. The number of alkyl halides is 3. The molecule has 0 unspecified atom stereocenters. The minimum Gasteiger partial charge on any atom is -0.506 e. The van der Waals surface area contributed by atoms with Crippen LogP contribution in [0.5, 0.6) is 5.75 Å². The van der Waals surface area contributed by atoms with Crippen LogP contribution in [0.1, 0.15) is 17.2 Å². The lowest BCUT2D eigenvalue weighted by molar-refractivity contribution is -0.138. The molecular weight excluding hydrogens is 315 g/mol. The number of rotatable bonds is 1. The summed E-state index contributed by atoms with van der Waals surface area (Å²) in [5, 5.41) is 12.8. The highest BCUT2D eigenvalue weighted by Crippen LogP contribution is 2.42. The summed E-state index contributed by atoms with van der Waals surface area (Å²) in [7, 11) is 0. The van der Waals surface area contributed by atoms with E-state index in [-0.39, 0.29) is 16.6 Å². The van der Waals surface area contributed by atoms with Crippen molar-refractivity contribution in [3.05, 3.63) is 27.7 Å². The van der Waals surface area contributed by atoms with Crippen molar-refractivity contribution in [3.8, 4) is 5.75 Å². The maximum atomic E-state index is 12.9. The Balaban J connectivity index is 2.50. The fourth-order valence-electron chi connectivity index (χ4n) is 1.93. The molecule has 1 saturated heterocycles. The number of hydrogen-bond acceptors (Lipinski definition) is 3. The van der Waals surface area contributed by atoms with Crippen LogP contribution in [0.2, 0.25) is 0 Å². The monoisotopic (exact) mass is 325 g/mol. The van der Waals surface area contributed by atoms with E-state index >= 15 is 0 Å². The van der Waals surface area contributed by atoms with E-state index in [1.165, 1.54) is 6.07 Å². The third-order valence-electron chi connectivity index (χ3n) is 2.74. The van der Waals surface area contributed by atoms with Gasteiger partial charge in [0, 0.05) is 12.1 Å². The predicted molar refractivity (Wildman–Crippen MR) is 62.4 cm³/mol. The van der Waals surface area contributed by atoms with Gasteiger partial charge in [-0.2, -0.15) is 13.2 Å². The Labute approximate surface area is 110 Å². The molecule has 100 valence electrons. The van der Waals surface area contributed by atoms with Gasteiger partial charge in [-0.1, -0.05) is 0 Å². The van der Waals surface area contributed by atoms with Gasteiger partial charge in [0.05, 0.1) is 29.3 Å². The van der Waals surface area contributed by atoms with Gasteiger partial charge in [-0.15, -0.1) is 0 Å². The number of phenolic OH excluding ortho intramolecular Hbond substituents is 1. The zero-order valence-electron chi connectivity index (χ0n) is 9.22. The summed E-state index contributed by atoms with van der Waals surface area (Å²) in [4.78, 5) is 0. The second kappa shape index (κ2) is 5.07. The Morgan fingerprint density at radius 3 is 2.67 bits per heavy atom. The van der Waals surface area contributed by atoms with Gasteiger partial charge in [0.25, 0.3) is 0 Å². The van der Waals surface area contributed by atoms with Gasteiger partial charge in [0.15, 0.2) is 0 Å². The summed E-state index contributed by atoms with van der Waals surface area (Å²) >= 11 is 3.03. The number of hydrogen-bond donors (Lipinski definition) is 2. The maximum Gasteiger partial charge on any atom is 0.416 e. The molecule has 2 rings (SSSR count). The maximum absolute atomic E-state index is 12.9. The molecule has 1 fully saturated rings. The van der Waals surface area contributed by atoms with Crippen LogP contribution < -0.4 is 5.32 Å². The van der Waals surface area contributed by atoms with Gasteiger partial charge in [-0.25, -0.2) is 0 Å². The highest BCUT2D eigenvalue weighted by Gasteiger charge is 2.37. The number of morpholine rings is 1. The molecule has 0 aromatic heterocycles. The molecular formula is C11H11BrF3NO2. The van der Waals surface area contributed by atoms with Crippen molar-refractivity contribution >= 4 is 15.9 Å². The van der Waals surface area contributed by atoms with Gasteiger partial charge in [-0.3, -0.25) is 0 Å². The number of nitrogens with one attached hydrogen (secondary N) is 1.